The highest BCUT2D eigenvalue weighted by molar-refractivity contribution is 5.10. The summed E-state index contributed by atoms with van der Waals surface area (Å²) >= 11 is 0. The summed E-state index contributed by atoms with van der Waals surface area (Å²) in [6.45, 7) is 5.36. The Bertz CT molecular complexity index is 573. The Kier molecular flexibility index (Phi) is 5.07. The lowest BCUT2D eigenvalue weighted by atomic mass is 9.54. The number of fused-ring (bicyclic) bond motifs is 5. The zero-order valence-corrected chi connectivity index (χ0v) is 19.2. The molecule has 2 nitrogen and oxygen atoms in total. The molecule has 0 aromatic rings. The van der Waals surface area contributed by atoms with Crippen LogP contribution in [-0.2, 0) is 0 Å². The van der Waals surface area contributed by atoms with Crippen molar-refractivity contribution in [3.05, 3.63) is 0 Å². The molecule has 6 fully saturated rings. The molecule has 1 N–H and O–H groups in total. The van der Waals surface area contributed by atoms with Gasteiger partial charge in [-0.15, -0.1) is 0 Å². The fourth-order valence-electron chi connectivity index (χ4n) is 10.0. The maximum absolute atomic E-state index is 4.13. The molecule has 29 heavy (non-hydrogen) atoms. The summed E-state index contributed by atoms with van der Waals surface area (Å²) in [6, 6.07) is 4.48. The van der Waals surface area contributed by atoms with E-state index in [1.807, 2.05) is 0 Å². The molecule has 164 valence electrons. The minimum Gasteiger partial charge on any atom is -0.311 e. The van der Waals surface area contributed by atoms with Gasteiger partial charge in [0, 0.05) is 30.2 Å². The number of nitrogens with zero attached hydrogens (tertiary/aromatic N) is 1. The van der Waals surface area contributed by atoms with Gasteiger partial charge in [-0.05, 0) is 86.9 Å². The summed E-state index contributed by atoms with van der Waals surface area (Å²) in [5.41, 5.74) is 0.577. The van der Waals surface area contributed by atoms with Crippen molar-refractivity contribution in [1.82, 2.24) is 10.2 Å². The van der Waals surface area contributed by atoms with Crippen LogP contribution < -0.4 is 5.32 Å². The number of hydrogen-bond acceptors (Lipinski definition) is 2. The lowest BCUT2D eigenvalue weighted by molar-refractivity contribution is -0.144. The molecule has 4 saturated carbocycles. The van der Waals surface area contributed by atoms with Crippen molar-refractivity contribution in [3.63, 3.8) is 0 Å². The van der Waals surface area contributed by atoms with Gasteiger partial charge in [-0.3, -0.25) is 4.90 Å². The van der Waals surface area contributed by atoms with Crippen LogP contribution in [0.5, 0.6) is 0 Å². The Morgan fingerprint density at radius 3 is 1.93 bits per heavy atom. The maximum Gasteiger partial charge on any atom is 0.0135 e. The zero-order chi connectivity index (χ0) is 19.6. The fourth-order valence-corrected chi connectivity index (χ4v) is 10.0. The van der Waals surface area contributed by atoms with E-state index >= 15 is 0 Å². The van der Waals surface area contributed by atoms with Gasteiger partial charge in [0.15, 0.2) is 0 Å². The van der Waals surface area contributed by atoms with Crippen LogP contribution in [0.2, 0.25) is 0 Å². The van der Waals surface area contributed by atoms with Crippen molar-refractivity contribution >= 4 is 0 Å². The summed E-state index contributed by atoms with van der Waals surface area (Å²) in [7, 11) is 0. The standard InChI is InChI=1S/C27H46N2/c1-27(2)21-10-4-7-13-25(21)29(26-14-8-5-11-22(26)27)18-15-16-24-20(17-18)19-9-3-6-12-23(19)28-24/h18-26,28H,3-17H2,1-2H3. The molecule has 0 radical (unpaired) electrons. The Hall–Kier alpha value is -0.0800. The van der Waals surface area contributed by atoms with E-state index in [4.69, 9.17) is 0 Å². The van der Waals surface area contributed by atoms with Gasteiger partial charge in [0.2, 0.25) is 0 Å². The van der Waals surface area contributed by atoms with Crippen LogP contribution in [0.4, 0.5) is 0 Å². The van der Waals surface area contributed by atoms with Crippen LogP contribution in [-0.4, -0.2) is 35.1 Å². The van der Waals surface area contributed by atoms with Gasteiger partial charge >= 0.3 is 0 Å². The Morgan fingerprint density at radius 1 is 0.621 bits per heavy atom. The topological polar surface area (TPSA) is 15.3 Å². The minimum absolute atomic E-state index is 0.577. The van der Waals surface area contributed by atoms with Crippen LogP contribution in [0, 0.1) is 29.1 Å². The monoisotopic (exact) mass is 398 g/mol. The first kappa shape index (κ1) is 19.6. The molecule has 2 heteroatoms. The number of rotatable bonds is 1. The maximum atomic E-state index is 4.13. The molecular weight excluding hydrogens is 352 g/mol. The second kappa shape index (κ2) is 7.51. The fraction of sp³-hybridized carbons (Fsp3) is 1.00. The van der Waals surface area contributed by atoms with E-state index in [1.54, 1.807) is 0 Å². The summed E-state index contributed by atoms with van der Waals surface area (Å²) in [6.07, 6.45) is 22.5. The molecule has 4 aliphatic carbocycles. The van der Waals surface area contributed by atoms with Crippen molar-refractivity contribution in [3.8, 4) is 0 Å². The Balaban J connectivity index is 1.29. The van der Waals surface area contributed by atoms with Gasteiger partial charge in [0.25, 0.3) is 0 Å². The van der Waals surface area contributed by atoms with E-state index in [2.05, 4.69) is 24.1 Å². The van der Waals surface area contributed by atoms with Gasteiger partial charge in [-0.1, -0.05) is 52.4 Å². The van der Waals surface area contributed by atoms with E-state index in [0.717, 1.165) is 53.9 Å². The van der Waals surface area contributed by atoms with E-state index < -0.39 is 0 Å². The van der Waals surface area contributed by atoms with Crippen molar-refractivity contribution in [2.45, 2.75) is 140 Å². The van der Waals surface area contributed by atoms with Crippen LogP contribution in [0.25, 0.3) is 0 Å². The number of hydrogen-bond donors (Lipinski definition) is 1. The molecule has 2 heterocycles. The van der Waals surface area contributed by atoms with Gasteiger partial charge in [-0.2, -0.15) is 0 Å². The first-order chi connectivity index (χ1) is 14.1. The van der Waals surface area contributed by atoms with Crippen molar-refractivity contribution in [1.29, 1.82) is 0 Å². The van der Waals surface area contributed by atoms with Crippen molar-refractivity contribution < 1.29 is 0 Å². The van der Waals surface area contributed by atoms with E-state index in [-0.39, 0.29) is 0 Å². The molecule has 9 unspecified atom stereocenters. The average Bonchev–Trinajstić information content (AvgIpc) is 3.12. The van der Waals surface area contributed by atoms with Gasteiger partial charge in [0.05, 0.1) is 0 Å². The second-order valence-electron chi connectivity index (χ2n) is 12.6. The molecule has 6 aliphatic rings. The first-order valence-electron chi connectivity index (χ1n) is 13.7. The largest absolute Gasteiger partial charge is 0.311 e. The van der Waals surface area contributed by atoms with Crippen molar-refractivity contribution in [2.75, 3.05) is 0 Å². The normalized spacial score (nSPS) is 52.1. The highest BCUT2D eigenvalue weighted by Crippen LogP contribution is 2.57. The van der Waals surface area contributed by atoms with E-state index in [0.29, 0.717) is 5.41 Å². The highest BCUT2D eigenvalue weighted by atomic mass is 15.3. The molecule has 0 aromatic heterocycles. The van der Waals surface area contributed by atoms with E-state index in [1.165, 1.54) is 96.3 Å². The smallest absolute Gasteiger partial charge is 0.0135 e. The third-order valence-electron chi connectivity index (χ3n) is 11.2. The summed E-state index contributed by atoms with van der Waals surface area (Å²) < 4.78 is 0. The highest BCUT2D eigenvalue weighted by Gasteiger charge is 2.56. The number of nitrogens with one attached hydrogen (secondary N) is 1. The second-order valence-corrected chi connectivity index (χ2v) is 12.6. The third kappa shape index (κ3) is 3.09. The van der Waals surface area contributed by atoms with Crippen LogP contribution >= 0.6 is 0 Å². The molecule has 0 amide bonds. The molecule has 0 aromatic carbocycles. The molecule has 6 rings (SSSR count). The predicted octanol–water partition coefficient (Wildman–Crippen LogP) is 6.15. The van der Waals surface area contributed by atoms with Crippen LogP contribution in [0.3, 0.4) is 0 Å². The van der Waals surface area contributed by atoms with Gasteiger partial charge in [-0.25, -0.2) is 0 Å². The zero-order valence-electron chi connectivity index (χ0n) is 19.2. The number of likely N-dealkylation sites (tertiary alicyclic amines) is 1. The van der Waals surface area contributed by atoms with E-state index in [9.17, 15) is 0 Å². The molecule has 0 bridgehead atoms. The lowest BCUT2D eigenvalue weighted by Gasteiger charge is -2.64. The minimum atomic E-state index is 0.577. The molecule has 2 aliphatic heterocycles. The third-order valence-corrected chi connectivity index (χ3v) is 11.2. The molecule has 9 atom stereocenters. The van der Waals surface area contributed by atoms with Crippen LogP contribution in [0.15, 0.2) is 0 Å². The number of piperidine rings is 1. The lowest BCUT2D eigenvalue weighted by Crippen LogP contribution is -2.66. The molecule has 2 saturated heterocycles. The summed E-state index contributed by atoms with van der Waals surface area (Å²) in [4.78, 5) is 3.26. The average molecular weight is 399 g/mol. The Labute approximate surface area is 180 Å². The van der Waals surface area contributed by atoms with Crippen LogP contribution in [0.1, 0.15) is 110 Å². The molecule has 0 spiro atoms. The predicted molar refractivity (Wildman–Crippen MR) is 121 cm³/mol. The summed E-state index contributed by atoms with van der Waals surface area (Å²) in [5.74, 6) is 3.95. The first-order valence-corrected chi connectivity index (χ1v) is 13.7. The Morgan fingerprint density at radius 2 is 1.21 bits per heavy atom. The molecular formula is C27H46N2. The quantitative estimate of drug-likeness (QED) is 0.570. The van der Waals surface area contributed by atoms with Gasteiger partial charge < -0.3 is 5.32 Å². The van der Waals surface area contributed by atoms with Gasteiger partial charge in [0.1, 0.15) is 0 Å². The van der Waals surface area contributed by atoms with Crippen molar-refractivity contribution in [2.24, 2.45) is 29.1 Å². The summed E-state index contributed by atoms with van der Waals surface area (Å²) in [5, 5.41) is 4.13. The SMILES string of the molecule is CC1(C)C2CCCCC2N(C2CCC3NC4CCCCC4C3C2)C2CCCCC21.